The molecule has 1 saturated heterocycles. The number of carboxylic acids is 3. The fraction of sp³-hybridized carbons (Fsp3) is 0.323. The van der Waals surface area contributed by atoms with Crippen LogP contribution in [0.2, 0.25) is 0 Å². The van der Waals surface area contributed by atoms with Crippen LogP contribution in [0.15, 0.2) is 120 Å². The third kappa shape index (κ3) is 16.4. The number of benzene rings is 6. The standard InChI is InChI=1S/C27H36N2O4.C19H12F3N3O3S.C16H14F3NO3S/c1-4-33-25-17-20(12-13-22(25)27(31)32)18-26(30)28-23(16-19(2)3)21-10-6-7-11-24(21)29-14-8-5-9-15-29;20-19(21,22)10-5-6-15-14(7-10)23-16(29-15)9-25-18(28)12-4-2-1-3-11(12)13(24-25)8-17(26)27;1-20(8-13(21)22)15(24)11-5-3-4-10-9(11)6-7-12(23-2)14(10)16(17,18)19/h6-7,10-13,17,19,23H,4-5,8-9,14-16,18H2,1-3H3,(H,28,30)(H,31,32);1-7H,8-9H2,(H,26,27);3-7H,8H2,1-2H3,(H,21,22)/t23-;;/m0../s1. The van der Waals surface area contributed by atoms with Crippen LogP contribution in [0.1, 0.15) is 101 Å². The molecule has 9 rings (SSSR count). The zero-order valence-electron chi connectivity index (χ0n) is 47.4. The number of carbonyl (C=O) groups excluding carboxylic acids is 1. The van der Waals surface area contributed by atoms with E-state index >= 15 is 0 Å². The highest BCUT2D eigenvalue weighted by Crippen LogP contribution is 2.42. The molecule has 0 unspecified atom stereocenters. The Morgan fingerprint density at radius 1 is 0.767 bits per heavy atom. The molecule has 0 spiro atoms. The Morgan fingerprint density at radius 2 is 1.45 bits per heavy atom. The molecule has 0 aliphatic carbocycles. The summed E-state index contributed by atoms with van der Waals surface area (Å²) in [7, 11) is 2.65. The number of amides is 1. The predicted molar refractivity (Wildman–Crippen MR) is 320 cm³/mol. The Kier molecular flexibility index (Phi) is 21.5. The number of thiazole rings is 1. The number of nitrogens with zero attached hydrogens (tertiary/aromatic N) is 5. The van der Waals surface area contributed by atoms with E-state index in [0.717, 1.165) is 58.8 Å². The number of carboxylic acid groups (broad SMARTS) is 3. The van der Waals surface area contributed by atoms with Crippen molar-refractivity contribution in [1.29, 1.82) is 0 Å². The smallest absolute Gasteiger partial charge is 0.420 e. The van der Waals surface area contributed by atoms with Gasteiger partial charge in [0.15, 0.2) is 0 Å². The second kappa shape index (κ2) is 28.5. The molecule has 3 heterocycles. The number of aromatic carboxylic acids is 1. The summed E-state index contributed by atoms with van der Waals surface area (Å²) >= 11 is 6.39. The van der Waals surface area contributed by atoms with Crippen molar-refractivity contribution in [2.75, 3.05) is 45.3 Å². The summed E-state index contributed by atoms with van der Waals surface area (Å²) in [6.45, 7) is 8.18. The van der Waals surface area contributed by atoms with Crippen LogP contribution in [0.4, 0.5) is 32.0 Å². The summed E-state index contributed by atoms with van der Waals surface area (Å²) in [6.07, 6.45) is -4.75. The van der Waals surface area contributed by atoms with Gasteiger partial charge in [-0.3, -0.25) is 19.2 Å². The molecule has 1 amide bonds. The van der Waals surface area contributed by atoms with Crippen LogP contribution in [-0.2, 0) is 46.1 Å². The van der Waals surface area contributed by atoms with Crippen molar-refractivity contribution in [2.45, 2.75) is 84.2 Å². The molecular weight excluding hydrogens is 1170 g/mol. The zero-order valence-corrected chi connectivity index (χ0v) is 49.1. The van der Waals surface area contributed by atoms with Crippen LogP contribution in [0.5, 0.6) is 11.5 Å². The van der Waals surface area contributed by atoms with Gasteiger partial charge in [-0.25, -0.2) is 14.5 Å². The number of aromatic nitrogens is 3. The fourth-order valence-corrected chi connectivity index (χ4v) is 11.2. The van der Waals surface area contributed by atoms with Crippen LogP contribution in [0.25, 0.3) is 31.8 Å². The van der Waals surface area contributed by atoms with Gasteiger partial charge in [0.2, 0.25) is 5.91 Å². The number of carbonyl (C=O) groups is 4. The Balaban J connectivity index is 0.000000187. The highest BCUT2D eigenvalue weighted by molar-refractivity contribution is 7.80. The molecule has 1 fully saturated rings. The van der Waals surface area contributed by atoms with E-state index in [4.69, 9.17) is 31.9 Å². The summed E-state index contributed by atoms with van der Waals surface area (Å²) in [4.78, 5) is 67.3. The van der Waals surface area contributed by atoms with Gasteiger partial charge in [-0.1, -0.05) is 86.7 Å². The first-order valence-electron chi connectivity index (χ1n) is 27.2. The van der Waals surface area contributed by atoms with Gasteiger partial charge in [0.1, 0.15) is 39.2 Å². The normalized spacial score (nSPS) is 12.9. The zero-order chi connectivity index (χ0) is 62.6. The molecule has 1 aliphatic heterocycles. The Hall–Kier alpha value is -8.64. The number of halogens is 6. The molecule has 0 bridgehead atoms. The molecule has 0 saturated carbocycles. The third-order valence-corrected chi connectivity index (χ3v) is 15.3. The number of ether oxygens (including phenoxy) is 2. The van der Waals surface area contributed by atoms with Crippen molar-refractivity contribution >= 4 is 89.8 Å². The molecule has 16 nitrogen and oxygen atoms in total. The summed E-state index contributed by atoms with van der Waals surface area (Å²) in [5, 5.41) is 36.2. The SMILES string of the molecule is CCOc1cc(CC(=O)N[C@@H](CC(C)C)c2ccccc2N2CCCCC2)ccc1C(=O)O.COc1ccc2c(C(=S)N(C)CC(=O)O)cccc2c1C(F)(F)F.O=C(O)Cc1nn(Cc2nc3cc(C(F)(F)F)ccc3s2)c(=O)c2ccccc12. The molecule has 0 radical (unpaired) electrons. The number of aliphatic carboxylic acids is 2. The second-order valence-corrected chi connectivity index (χ2v) is 22.0. The summed E-state index contributed by atoms with van der Waals surface area (Å²) < 4.78 is 90.9. The van der Waals surface area contributed by atoms with Gasteiger partial charge in [-0.2, -0.15) is 31.4 Å². The number of likely N-dealkylation sites (N-methyl/N-ethyl adjacent to an activating group) is 1. The first kappa shape index (κ1) is 64.9. The quantitative estimate of drug-likeness (QED) is 0.0465. The van der Waals surface area contributed by atoms with Crippen molar-refractivity contribution in [3.8, 4) is 11.5 Å². The lowest BCUT2D eigenvalue weighted by Gasteiger charge is -2.33. The van der Waals surface area contributed by atoms with E-state index in [0.29, 0.717) is 44.3 Å². The minimum absolute atomic E-state index is 0.0505. The average Bonchev–Trinajstić information content (AvgIpc) is 1.12. The first-order chi connectivity index (χ1) is 40.8. The van der Waals surface area contributed by atoms with E-state index < -0.39 is 46.9 Å². The maximum atomic E-state index is 13.4. The molecule has 454 valence electrons. The van der Waals surface area contributed by atoms with E-state index in [1.807, 2.05) is 6.07 Å². The monoisotopic (exact) mass is 1230 g/mol. The van der Waals surface area contributed by atoms with Crippen LogP contribution in [-0.4, -0.2) is 104 Å². The van der Waals surface area contributed by atoms with Crippen molar-refractivity contribution in [3.05, 3.63) is 170 Å². The predicted octanol–water partition coefficient (Wildman–Crippen LogP) is 12.5. The van der Waals surface area contributed by atoms with E-state index in [-0.39, 0.29) is 76.2 Å². The van der Waals surface area contributed by atoms with E-state index in [1.165, 1.54) is 80.4 Å². The van der Waals surface area contributed by atoms with Crippen LogP contribution < -0.4 is 25.2 Å². The van der Waals surface area contributed by atoms with Crippen molar-refractivity contribution in [3.63, 3.8) is 0 Å². The number of alkyl halides is 6. The van der Waals surface area contributed by atoms with Crippen LogP contribution >= 0.6 is 23.6 Å². The molecule has 1 aliphatic rings. The molecule has 6 aromatic carbocycles. The number of hydrogen-bond acceptors (Lipinski definition) is 12. The number of methoxy groups -OCH3 is 1. The Bertz CT molecular complexity index is 3850. The van der Waals surface area contributed by atoms with E-state index in [9.17, 15) is 55.4 Å². The van der Waals surface area contributed by atoms with Gasteiger partial charge in [0, 0.05) is 36.8 Å². The number of thiocarbonyl (C=S) groups is 1. The van der Waals surface area contributed by atoms with Gasteiger partial charge in [0.05, 0.1) is 66.0 Å². The molecule has 1 atom stereocenters. The number of piperidine rings is 1. The number of anilines is 1. The van der Waals surface area contributed by atoms with Gasteiger partial charge >= 0.3 is 30.3 Å². The lowest BCUT2D eigenvalue weighted by molar-refractivity contribution is -0.138. The third-order valence-electron chi connectivity index (χ3n) is 13.8. The van der Waals surface area contributed by atoms with Crippen LogP contribution in [0.3, 0.4) is 0 Å². The molecule has 4 N–H and O–H groups in total. The Labute approximate surface area is 499 Å². The number of rotatable bonds is 18. The summed E-state index contributed by atoms with van der Waals surface area (Å²) in [5.41, 5.74) is 1.88. The van der Waals surface area contributed by atoms with Crippen LogP contribution in [0, 0.1) is 5.92 Å². The minimum atomic E-state index is -4.60. The maximum absolute atomic E-state index is 13.4. The molecule has 2 aromatic heterocycles. The largest absolute Gasteiger partial charge is 0.496 e. The number of hydrogen-bond donors (Lipinski definition) is 4. The lowest BCUT2D eigenvalue weighted by Crippen LogP contribution is -2.34. The average molecular weight is 1230 g/mol. The van der Waals surface area contributed by atoms with E-state index in [1.54, 1.807) is 49.4 Å². The Morgan fingerprint density at radius 3 is 2.09 bits per heavy atom. The molecular formula is C62H62F6N6O10S2. The summed E-state index contributed by atoms with van der Waals surface area (Å²) in [5.74, 6) is -2.86. The molecule has 24 heteroatoms. The van der Waals surface area contributed by atoms with Gasteiger partial charge in [-0.15, -0.1) is 11.3 Å². The highest BCUT2D eigenvalue weighted by atomic mass is 32.1. The first-order valence-corrected chi connectivity index (χ1v) is 28.4. The van der Waals surface area contributed by atoms with Crippen molar-refractivity contribution in [1.82, 2.24) is 25.0 Å². The highest BCUT2D eigenvalue weighted by Gasteiger charge is 2.37. The number of fused-ring (bicyclic) bond motifs is 3. The molecule has 8 aromatic rings. The lowest BCUT2D eigenvalue weighted by atomic mass is 9.94. The maximum Gasteiger partial charge on any atom is 0.420 e. The second-order valence-electron chi connectivity index (χ2n) is 20.5. The number of para-hydroxylation sites is 1. The van der Waals surface area contributed by atoms with Crippen molar-refractivity contribution in [2.24, 2.45) is 5.92 Å². The van der Waals surface area contributed by atoms with Gasteiger partial charge in [-0.05, 0) is 115 Å². The van der Waals surface area contributed by atoms with Crippen molar-refractivity contribution < 1.29 is 70.3 Å². The summed E-state index contributed by atoms with van der Waals surface area (Å²) in [6, 6.07) is 30.1. The van der Waals surface area contributed by atoms with Gasteiger partial charge < -0.3 is 39.9 Å². The molecule has 86 heavy (non-hydrogen) atoms. The number of nitrogens with one attached hydrogen (secondary N) is 1. The van der Waals surface area contributed by atoms with E-state index in [2.05, 4.69) is 52.3 Å². The fourth-order valence-electron chi connectivity index (χ4n) is 10.00. The van der Waals surface area contributed by atoms with Gasteiger partial charge in [0.25, 0.3) is 5.56 Å². The minimum Gasteiger partial charge on any atom is -0.496 e. The topological polar surface area (TPSA) is 214 Å².